The molecule has 1 aliphatic heterocycles. The van der Waals surface area contributed by atoms with Crippen molar-refractivity contribution in [3.8, 4) is 5.75 Å². The second-order valence-electron chi connectivity index (χ2n) is 6.08. The van der Waals surface area contributed by atoms with Gasteiger partial charge in [0.05, 0.1) is 5.92 Å². The largest absolute Gasteiger partial charge is 0.492 e. The molecule has 24 heavy (non-hydrogen) atoms. The van der Waals surface area contributed by atoms with Crippen LogP contribution in [0.3, 0.4) is 0 Å². The molecule has 2 aromatic rings. The SMILES string of the molecule is Cc1ccc(C(=O)NNC(=O)C2COc3ccccc3C2)c(C)c1. The Hall–Kier alpha value is -2.82. The molecule has 0 aliphatic carbocycles. The van der Waals surface area contributed by atoms with Crippen LogP contribution < -0.4 is 15.6 Å². The highest BCUT2D eigenvalue weighted by molar-refractivity contribution is 5.96. The zero-order valence-electron chi connectivity index (χ0n) is 13.8. The molecule has 5 heteroatoms. The fourth-order valence-corrected chi connectivity index (χ4v) is 2.85. The third-order valence-electron chi connectivity index (χ3n) is 4.18. The Kier molecular flexibility index (Phi) is 4.51. The maximum Gasteiger partial charge on any atom is 0.269 e. The van der Waals surface area contributed by atoms with E-state index in [0.717, 1.165) is 22.4 Å². The van der Waals surface area contributed by atoms with Crippen LogP contribution in [0.1, 0.15) is 27.0 Å². The quantitative estimate of drug-likeness (QED) is 0.833. The molecule has 2 N–H and O–H groups in total. The number of fused-ring (bicyclic) bond motifs is 1. The first-order valence-corrected chi connectivity index (χ1v) is 7.93. The smallest absolute Gasteiger partial charge is 0.269 e. The van der Waals surface area contributed by atoms with Crippen molar-refractivity contribution in [2.75, 3.05) is 6.61 Å². The Morgan fingerprint density at radius 1 is 1.08 bits per heavy atom. The molecule has 1 heterocycles. The van der Waals surface area contributed by atoms with Crippen molar-refractivity contribution < 1.29 is 14.3 Å². The molecule has 3 rings (SSSR count). The molecule has 2 aromatic carbocycles. The Labute approximate surface area is 141 Å². The van der Waals surface area contributed by atoms with E-state index in [1.807, 2.05) is 50.2 Å². The number of hydrogen-bond donors (Lipinski definition) is 2. The van der Waals surface area contributed by atoms with Gasteiger partial charge in [-0.25, -0.2) is 0 Å². The zero-order valence-corrected chi connectivity index (χ0v) is 13.8. The van der Waals surface area contributed by atoms with Gasteiger partial charge >= 0.3 is 0 Å². The third kappa shape index (κ3) is 3.40. The van der Waals surface area contributed by atoms with Gasteiger partial charge in [0.25, 0.3) is 5.91 Å². The molecule has 0 radical (unpaired) electrons. The second-order valence-corrected chi connectivity index (χ2v) is 6.08. The van der Waals surface area contributed by atoms with E-state index in [1.165, 1.54) is 0 Å². The summed E-state index contributed by atoms with van der Waals surface area (Å²) in [4.78, 5) is 24.5. The molecular weight excluding hydrogens is 304 g/mol. The van der Waals surface area contributed by atoms with Gasteiger partial charge in [-0.1, -0.05) is 35.9 Å². The number of hydrogen-bond acceptors (Lipinski definition) is 3. The van der Waals surface area contributed by atoms with Crippen LogP contribution in [-0.2, 0) is 11.2 Å². The van der Waals surface area contributed by atoms with E-state index in [9.17, 15) is 9.59 Å². The van der Waals surface area contributed by atoms with Crippen LogP contribution in [0.25, 0.3) is 0 Å². The number of hydrazine groups is 1. The number of aryl methyl sites for hydroxylation is 2. The van der Waals surface area contributed by atoms with Crippen molar-refractivity contribution in [2.45, 2.75) is 20.3 Å². The summed E-state index contributed by atoms with van der Waals surface area (Å²) in [6.45, 7) is 4.15. The molecule has 1 atom stereocenters. The topological polar surface area (TPSA) is 67.4 Å². The lowest BCUT2D eigenvalue weighted by Gasteiger charge is -2.24. The molecule has 5 nitrogen and oxygen atoms in total. The van der Waals surface area contributed by atoms with E-state index in [4.69, 9.17) is 4.74 Å². The number of para-hydroxylation sites is 1. The molecule has 0 saturated carbocycles. The van der Waals surface area contributed by atoms with E-state index in [1.54, 1.807) is 6.07 Å². The van der Waals surface area contributed by atoms with E-state index >= 15 is 0 Å². The minimum absolute atomic E-state index is 0.248. The molecule has 124 valence electrons. The summed E-state index contributed by atoms with van der Waals surface area (Å²) in [7, 11) is 0. The molecule has 1 unspecified atom stereocenters. The van der Waals surface area contributed by atoms with Crippen molar-refractivity contribution in [2.24, 2.45) is 5.92 Å². The van der Waals surface area contributed by atoms with Crippen LogP contribution in [0.5, 0.6) is 5.75 Å². The Morgan fingerprint density at radius 2 is 1.88 bits per heavy atom. The van der Waals surface area contributed by atoms with Gasteiger partial charge in [-0.15, -0.1) is 0 Å². The van der Waals surface area contributed by atoms with Gasteiger partial charge in [0.15, 0.2) is 0 Å². The highest BCUT2D eigenvalue weighted by Gasteiger charge is 2.26. The lowest BCUT2D eigenvalue weighted by Crippen LogP contribution is -2.47. The van der Waals surface area contributed by atoms with Gasteiger partial charge in [0.2, 0.25) is 5.91 Å². The van der Waals surface area contributed by atoms with Crippen LogP contribution >= 0.6 is 0 Å². The van der Waals surface area contributed by atoms with Crippen molar-refractivity contribution in [1.82, 2.24) is 10.9 Å². The van der Waals surface area contributed by atoms with Crippen LogP contribution in [0, 0.1) is 19.8 Å². The lowest BCUT2D eigenvalue weighted by atomic mass is 9.96. The second kappa shape index (κ2) is 6.74. The predicted molar refractivity (Wildman–Crippen MR) is 90.7 cm³/mol. The van der Waals surface area contributed by atoms with Crippen LogP contribution in [0.2, 0.25) is 0 Å². The van der Waals surface area contributed by atoms with Crippen LogP contribution in [0.4, 0.5) is 0 Å². The minimum atomic E-state index is -0.321. The summed E-state index contributed by atoms with van der Waals surface area (Å²) in [6.07, 6.45) is 0.599. The van der Waals surface area contributed by atoms with Crippen LogP contribution in [0.15, 0.2) is 42.5 Å². The number of ether oxygens (including phenoxy) is 1. The van der Waals surface area contributed by atoms with Crippen molar-refractivity contribution in [3.63, 3.8) is 0 Å². The molecular formula is C19H20N2O3. The Balaban J connectivity index is 1.59. The van der Waals surface area contributed by atoms with Gasteiger partial charge in [-0.05, 0) is 43.5 Å². The maximum absolute atomic E-state index is 12.3. The van der Waals surface area contributed by atoms with E-state index in [0.29, 0.717) is 18.6 Å². The molecule has 0 bridgehead atoms. The molecule has 0 fully saturated rings. The van der Waals surface area contributed by atoms with E-state index < -0.39 is 0 Å². The zero-order chi connectivity index (χ0) is 17.1. The summed E-state index contributed by atoms with van der Waals surface area (Å²) in [5, 5.41) is 0. The van der Waals surface area contributed by atoms with E-state index in [-0.39, 0.29) is 17.7 Å². The number of rotatable bonds is 2. The standard InChI is InChI=1S/C19H20N2O3/c1-12-7-8-16(13(2)9-12)19(23)21-20-18(22)15-10-14-5-3-4-6-17(14)24-11-15/h3-9,15H,10-11H2,1-2H3,(H,20,22)(H,21,23). The van der Waals surface area contributed by atoms with Gasteiger partial charge in [-0.2, -0.15) is 0 Å². The number of carbonyl (C=O) groups excluding carboxylic acids is 2. The van der Waals surface area contributed by atoms with Gasteiger partial charge in [-0.3, -0.25) is 20.4 Å². The summed E-state index contributed by atoms with van der Waals surface area (Å²) in [5.74, 6) is -0.0687. The summed E-state index contributed by atoms with van der Waals surface area (Å²) in [6, 6.07) is 13.2. The average Bonchev–Trinajstić information content (AvgIpc) is 2.59. The highest BCUT2D eigenvalue weighted by atomic mass is 16.5. The summed E-state index contributed by atoms with van der Waals surface area (Å²) < 4.78 is 5.61. The fourth-order valence-electron chi connectivity index (χ4n) is 2.85. The average molecular weight is 324 g/mol. The highest BCUT2D eigenvalue weighted by Crippen LogP contribution is 2.26. The molecule has 1 aliphatic rings. The molecule has 0 aromatic heterocycles. The van der Waals surface area contributed by atoms with Gasteiger partial charge in [0, 0.05) is 5.56 Å². The number of nitrogens with one attached hydrogen (secondary N) is 2. The van der Waals surface area contributed by atoms with Crippen molar-refractivity contribution in [1.29, 1.82) is 0 Å². The number of amides is 2. The van der Waals surface area contributed by atoms with Gasteiger partial charge in [0.1, 0.15) is 12.4 Å². The van der Waals surface area contributed by atoms with Crippen LogP contribution in [-0.4, -0.2) is 18.4 Å². The van der Waals surface area contributed by atoms with Gasteiger partial charge < -0.3 is 4.74 Å². The van der Waals surface area contributed by atoms with E-state index in [2.05, 4.69) is 10.9 Å². The number of carbonyl (C=O) groups is 2. The third-order valence-corrected chi connectivity index (χ3v) is 4.18. The van der Waals surface area contributed by atoms with Crippen molar-refractivity contribution in [3.05, 3.63) is 64.7 Å². The Morgan fingerprint density at radius 3 is 2.67 bits per heavy atom. The molecule has 2 amide bonds. The number of benzene rings is 2. The molecule has 0 spiro atoms. The lowest BCUT2D eigenvalue weighted by molar-refractivity contribution is -0.127. The van der Waals surface area contributed by atoms with Crippen molar-refractivity contribution >= 4 is 11.8 Å². The Bertz CT molecular complexity index is 786. The first-order valence-electron chi connectivity index (χ1n) is 7.93. The summed E-state index contributed by atoms with van der Waals surface area (Å²) >= 11 is 0. The molecule has 0 saturated heterocycles. The first-order chi connectivity index (χ1) is 11.5. The summed E-state index contributed by atoms with van der Waals surface area (Å²) in [5.41, 5.74) is 8.50. The first kappa shape index (κ1) is 16.1. The maximum atomic E-state index is 12.3. The predicted octanol–water partition coefficient (Wildman–Crippen LogP) is 2.32. The fraction of sp³-hybridized carbons (Fsp3) is 0.263. The minimum Gasteiger partial charge on any atom is -0.492 e. The monoisotopic (exact) mass is 324 g/mol. The normalized spacial score (nSPS) is 15.8.